The molecule has 11 heteroatoms. The van der Waals surface area contributed by atoms with Gasteiger partial charge in [-0.25, -0.2) is 16.8 Å². The first-order valence-electron chi connectivity index (χ1n) is 8.89. The molecule has 1 heterocycles. The summed E-state index contributed by atoms with van der Waals surface area (Å²) in [5.41, 5.74) is 0.163. The van der Waals surface area contributed by atoms with E-state index in [1.165, 1.54) is 12.1 Å². The molecule has 0 amide bonds. The molecule has 1 aliphatic heterocycles. The van der Waals surface area contributed by atoms with Crippen LogP contribution in [0.1, 0.15) is 6.92 Å². The lowest BCUT2D eigenvalue weighted by molar-refractivity contribution is -0.384. The molecule has 156 valence electrons. The largest absolute Gasteiger partial charge is 0.365 e. The molecule has 3 rings (SSSR count). The van der Waals surface area contributed by atoms with E-state index in [1.54, 1.807) is 42.2 Å². The van der Waals surface area contributed by atoms with Crippen molar-refractivity contribution in [1.29, 1.82) is 0 Å². The summed E-state index contributed by atoms with van der Waals surface area (Å²) in [6, 6.07) is 11.9. The van der Waals surface area contributed by atoms with E-state index in [0.717, 1.165) is 6.07 Å². The highest BCUT2D eigenvalue weighted by molar-refractivity contribution is 7.92. The smallest absolute Gasteiger partial charge is 0.293 e. The molecule has 0 bridgehead atoms. The van der Waals surface area contributed by atoms with Gasteiger partial charge in [-0.3, -0.25) is 14.8 Å². The molecule has 1 saturated heterocycles. The Morgan fingerprint density at radius 3 is 2.52 bits per heavy atom. The van der Waals surface area contributed by atoms with E-state index in [2.05, 4.69) is 4.72 Å². The van der Waals surface area contributed by atoms with Crippen LogP contribution >= 0.6 is 0 Å². The summed E-state index contributed by atoms with van der Waals surface area (Å²) in [4.78, 5) is 12.4. The van der Waals surface area contributed by atoms with Crippen LogP contribution in [0, 0.1) is 16.0 Å². The maximum absolute atomic E-state index is 12.6. The molecule has 0 saturated carbocycles. The maximum atomic E-state index is 12.6. The van der Waals surface area contributed by atoms with E-state index in [1.807, 2.05) is 0 Å². The van der Waals surface area contributed by atoms with Gasteiger partial charge < -0.3 is 4.90 Å². The zero-order valence-corrected chi connectivity index (χ0v) is 17.3. The van der Waals surface area contributed by atoms with Crippen molar-refractivity contribution in [3.05, 3.63) is 58.6 Å². The molecule has 1 fully saturated rings. The molecule has 1 atom stereocenters. The average molecular weight is 440 g/mol. The van der Waals surface area contributed by atoms with Gasteiger partial charge in [0.05, 0.1) is 21.3 Å². The number of sulfonamides is 1. The fourth-order valence-corrected chi connectivity index (χ4v) is 6.03. The molecule has 0 aromatic heterocycles. The number of para-hydroxylation sites is 1. The molecule has 2 aromatic rings. The van der Waals surface area contributed by atoms with E-state index in [0.29, 0.717) is 12.2 Å². The van der Waals surface area contributed by atoms with E-state index < -0.39 is 24.8 Å². The molecule has 0 aliphatic carbocycles. The minimum atomic E-state index is -4.02. The minimum absolute atomic E-state index is 0.0186. The summed E-state index contributed by atoms with van der Waals surface area (Å²) in [6.45, 7) is 2.21. The Hall–Kier alpha value is -2.66. The normalized spacial score (nSPS) is 19.3. The Balaban J connectivity index is 1.96. The van der Waals surface area contributed by atoms with Crippen LogP contribution in [0.15, 0.2) is 53.4 Å². The van der Waals surface area contributed by atoms with Crippen molar-refractivity contribution < 1.29 is 21.8 Å². The highest BCUT2D eigenvalue weighted by Gasteiger charge is 2.29. The molecular formula is C18H21N3O6S2. The molecule has 9 nitrogen and oxygen atoms in total. The van der Waals surface area contributed by atoms with Crippen LogP contribution < -0.4 is 9.62 Å². The first-order chi connectivity index (χ1) is 13.6. The average Bonchev–Trinajstić information content (AvgIpc) is 2.78. The maximum Gasteiger partial charge on any atom is 0.293 e. The Bertz CT molecular complexity index is 1120. The van der Waals surface area contributed by atoms with Crippen LogP contribution in [0.2, 0.25) is 0 Å². The standard InChI is InChI=1S/C18H21N3O6S2/c1-14-12-20(9-10-28(24,25)13-14)17-8-7-16(11-18(17)21(22)23)29(26,27)19-15-5-3-2-4-6-15/h2-8,11,14,19H,9-10,12-13H2,1H3. The van der Waals surface area contributed by atoms with Crippen LogP contribution in [0.4, 0.5) is 17.1 Å². The minimum Gasteiger partial charge on any atom is -0.365 e. The Labute approximate surface area is 169 Å². The number of anilines is 2. The van der Waals surface area contributed by atoms with Gasteiger partial charge in [0.1, 0.15) is 5.69 Å². The van der Waals surface area contributed by atoms with Crippen LogP contribution in [-0.2, 0) is 19.9 Å². The number of nitro benzene ring substituents is 1. The van der Waals surface area contributed by atoms with E-state index in [4.69, 9.17) is 0 Å². The third-order valence-corrected chi connectivity index (χ3v) is 7.82. The van der Waals surface area contributed by atoms with Gasteiger partial charge in [-0.05, 0) is 30.2 Å². The number of benzene rings is 2. The molecule has 0 spiro atoms. The first kappa shape index (κ1) is 21.1. The van der Waals surface area contributed by atoms with Crippen molar-refractivity contribution in [2.45, 2.75) is 11.8 Å². The third kappa shape index (κ3) is 5.04. The monoisotopic (exact) mass is 439 g/mol. The second-order valence-electron chi connectivity index (χ2n) is 7.04. The second-order valence-corrected chi connectivity index (χ2v) is 11.0. The summed E-state index contributed by atoms with van der Waals surface area (Å²) >= 11 is 0. The molecule has 1 aliphatic rings. The number of nitrogens with one attached hydrogen (secondary N) is 1. The predicted octanol–water partition coefficient (Wildman–Crippen LogP) is 2.27. The van der Waals surface area contributed by atoms with E-state index in [9.17, 15) is 26.9 Å². The van der Waals surface area contributed by atoms with Gasteiger partial charge in [0.15, 0.2) is 9.84 Å². The van der Waals surface area contributed by atoms with Crippen LogP contribution in [0.5, 0.6) is 0 Å². The Morgan fingerprint density at radius 1 is 1.17 bits per heavy atom. The van der Waals surface area contributed by atoms with Crippen molar-refractivity contribution in [2.75, 3.05) is 34.2 Å². The van der Waals surface area contributed by atoms with Gasteiger partial charge in [0.2, 0.25) is 0 Å². The zero-order valence-electron chi connectivity index (χ0n) is 15.7. The Morgan fingerprint density at radius 2 is 1.86 bits per heavy atom. The van der Waals surface area contributed by atoms with Crippen LogP contribution in [0.25, 0.3) is 0 Å². The fourth-order valence-electron chi connectivity index (χ4n) is 3.31. The summed E-state index contributed by atoms with van der Waals surface area (Å²) in [6.07, 6.45) is 0. The van der Waals surface area contributed by atoms with Crippen LogP contribution in [-0.4, -0.2) is 46.4 Å². The molecular weight excluding hydrogens is 418 g/mol. The van der Waals surface area contributed by atoms with E-state index in [-0.39, 0.29) is 40.2 Å². The van der Waals surface area contributed by atoms with Crippen LogP contribution in [0.3, 0.4) is 0 Å². The SMILES string of the molecule is CC1CN(c2ccc(S(=O)(=O)Nc3ccccc3)cc2[N+](=O)[O-])CCS(=O)(=O)C1. The van der Waals surface area contributed by atoms with Gasteiger partial charge in [-0.1, -0.05) is 25.1 Å². The zero-order chi connectivity index (χ0) is 21.2. The van der Waals surface area contributed by atoms with Gasteiger partial charge in [0, 0.05) is 24.8 Å². The number of hydrogen-bond acceptors (Lipinski definition) is 7. The lowest BCUT2D eigenvalue weighted by Gasteiger charge is -2.24. The Kier molecular flexibility index (Phi) is 5.80. The summed E-state index contributed by atoms with van der Waals surface area (Å²) in [7, 11) is -7.25. The number of rotatable bonds is 5. The molecule has 2 aromatic carbocycles. The molecule has 1 N–H and O–H groups in total. The van der Waals surface area contributed by atoms with Crippen molar-refractivity contribution >= 4 is 36.9 Å². The molecule has 1 unspecified atom stereocenters. The lowest BCUT2D eigenvalue weighted by atomic mass is 10.1. The number of hydrogen-bond donors (Lipinski definition) is 1. The predicted molar refractivity (Wildman–Crippen MR) is 110 cm³/mol. The van der Waals surface area contributed by atoms with Crippen molar-refractivity contribution in [3.63, 3.8) is 0 Å². The van der Waals surface area contributed by atoms with Gasteiger partial charge in [0.25, 0.3) is 15.7 Å². The molecule has 29 heavy (non-hydrogen) atoms. The number of nitro groups is 1. The van der Waals surface area contributed by atoms with E-state index >= 15 is 0 Å². The quantitative estimate of drug-likeness (QED) is 0.559. The topological polar surface area (TPSA) is 127 Å². The van der Waals surface area contributed by atoms with Crippen molar-refractivity contribution in [2.24, 2.45) is 5.92 Å². The highest BCUT2D eigenvalue weighted by atomic mass is 32.2. The lowest BCUT2D eigenvalue weighted by Crippen LogP contribution is -2.29. The summed E-state index contributed by atoms with van der Waals surface area (Å²) < 4.78 is 51.6. The summed E-state index contributed by atoms with van der Waals surface area (Å²) in [5.74, 6) is -0.292. The van der Waals surface area contributed by atoms with Crippen molar-refractivity contribution in [3.8, 4) is 0 Å². The fraction of sp³-hybridized carbons (Fsp3) is 0.333. The number of sulfone groups is 1. The number of nitrogens with zero attached hydrogens (tertiary/aromatic N) is 2. The van der Waals surface area contributed by atoms with Crippen molar-refractivity contribution in [1.82, 2.24) is 0 Å². The van der Waals surface area contributed by atoms with Gasteiger partial charge >= 0.3 is 0 Å². The first-order valence-corrected chi connectivity index (χ1v) is 12.2. The van der Waals surface area contributed by atoms with Gasteiger partial charge in [-0.2, -0.15) is 0 Å². The summed E-state index contributed by atoms with van der Waals surface area (Å²) in [5, 5.41) is 11.6. The highest BCUT2D eigenvalue weighted by Crippen LogP contribution is 2.33. The second kappa shape index (κ2) is 7.99. The van der Waals surface area contributed by atoms with Gasteiger partial charge in [-0.15, -0.1) is 0 Å². The molecule has 0 radical (unpaired) electrons. The third-order valence-electron chi connectivity index (χ3n) is 4.56.